The smallest absolute Gasteiger partial charge is 0.358 e. The monoisotopic (exact) mass is 230 g/mol. The average molecular weight is 230 g/mol. The molecule has 0 N–H and O–H groups in total. The number of carbonyl (C=O) groups is 1. The molecule has 1 aromatic carbocycles. The molecular weight excluding hydrogens is 223 g/mol. The predicted octanol–water partition coefficient (Wildman–Crippen LogP) is 1.41. The minimum Gasteiger partial charge on any atom is -0.358 e. The second kappa shape index (κ2) is 3.30. The van der Waals surface area contributed by atoms with Crippen molar-refractivity contribution in [3.63, 3.8) is 0 Å². The van der Waals surface area contributed by atoms with Gasteiger partial charge in [-0.3, -0.25) is 4.79 Å². The van der Waals surface area contributed by atoms with Crippen molar-refractivity contribution in [1.29, 1.82) is 0 Å². The number of carbonyl (C=O) groups excluding carboxylic acids is 1. The molecule has 0 unspecified atom stereocenters. The molecule has 0 spiro atoms. The Balaban J connectivity index is 2.47. The first-order valence-electron chi connectivity index (χ1n) is 4.26. The maximum absolute atomic E-state index is 12.3. The van der Waals surface area contributed by atoms with E-state index in [0.29, 0.717) is 24.0 Å². The maximum atomic E-state index is 12.3. The first-order valence-corrected chi connectivity index (χ1v) is 5.57. The van der Waals surface area contributed by atoms with Crippen molar-refractivity contribution < 1.29 is 21.3 Å². The van der Waals surface area contributed by atoms with Gasteiger partial charge in [-0.05, 0) is 12.5 Å². The molecule has 1 aliphatic carbocycles. The van der Waals surface area contributed by atoms with E-state index in [1.54, 1.807) is 6.07 Å². The molecule has 4 nitrogen and oxygen atoms in total. The number of ketones is 1. The number of hydrogen-bond acceptors (Lipinski definition) is 4. The first-order chi connectivity index (χ1) is 6.97. The van der Waals surface area contributed by atoms with Gasteiger partial charge in [-0.2, -0.15) is 8.42 Å². The lowest BCUT2D eigenvalue weighted by Crippen LogP contribution is -2.03. The van der Waals surface area contributed by atoms with Crippen LogP contribution in [-0.4, -0.2) is 14.2 Å². The van der Waals surface area contributed by atoms with E-state index in [1.807, 2.05) is 0 Å². The summed E-state index contributed by atoms with van der Waals surface area (Å²) in [6.45, 7) is 0. The van der Waals surface area contributed by atoms with Gasteiger partial charge < -0.3 is 4.18 Å². The van der Waals surface area contributed by atoms with Gasteiger partial charge in [0.05, 0.1) is 0 Å². The Bertz CT molecular complexity index is 521. The number of rotatable bonds is 2. The zero-order valence-electron chi connectivity index (χ0n) is 7.57. The van der Waals surface area contributed by atoms with E-state index in [-0.39, 0.29) is 11.5 Å². The Kier molecular flexibility index (Phi) is 2.22. The highest BCUT2D eigenvalue weighted by Crippen LogP contribution is 2.31. The van der Waals surface area contributed by atoms with Crippen LogP contribution in [0.15, 0.2) is 18.2 Å². The van der Waals surface area contributed by atoms with E-state index >= 15 is 0 Å². The van der Waals surface area contributed by atoms with Crippen LogP contribution in [0.3, 0.4) is 0 Å². The standard InChI is InChI=1S/C9H7FO4S/c10-15(12,13)14-9-3-1-2-6-7(9)4-5-8(6)11/h1-3H,4-5H2. The molecule has 15 heavy (non-hydrogen) atoms. The Hall–Kier alpha value is -1.43. The fourth-order valence-electron chi connectivity index (χ4n) is 1.64. The van der Waals surface area contributed by atoms with Gasteiger partial charge in [-0.25, -0.2) is 0 Å². The van der Waals surface area contributed by atoms with Gasteiger partial charge in [0.15, 0.2) is 5.78 Å². The number of Topliss-reactive ketones (excluding diaryl/α,β-unsaturated/α-hetero) is 1. The number of halogens is 1. The third-order valence-corrected chi connectivity index (χ3v) is 2.60. The molecule has 0 radical (unpaired) electrons. The quantitative estimate of drug-likeness (QED) is 0.721. The highest BCUT2D eigenvalue weighted by Gasteiger charge is 2.24. The molecule has 0 fully saturated rings. The molecule has 0 aromatic heterocycles. The van der Waals surface area contributed by atoms with Crippen LogP contribution < -0.4 is 4.18 Å². The van der Waals surface area contributed by atoms with Crippen molar-refractivity contribution in [2.24, 2.45) is 0 Å². The zero-order valence-corrected chi connectivity index (χ0v) is 8.38. The second-order valence-electron chi connectivity index (χ2n) is 3.18. The van der Waals surface area contributed by atoms with Crippen molar-refractivity contribution >= 4 is 16.3 Å². The molecule has 0 atom stereocenters. The van der Waals surface area contributed by atoms with Crippen LogP contribution in [0, 0.1) is 0 Å². The lowest BCUT2D eigenvalue weighted by molar-refractivity contribution is 0.0994. The molecule has 0 aliphatic heterocycles. The summed E-state index contributed by atoms with van der Waals surface area (Å²) in [5.41, 5.74) is 0.875. The highest BCUT2D eigenvalue weighted by atomic mass is 32.3. The molecule has 1 aromatic rings. The largest absolute Gasteiger partial charge is 0.488 e. The van der Waals surface area contributed by atoms with Crippen molar-refractivity contribution in [2.75, 3.05) is 0 Å². The van der Waals surface area contributed by atoms with E-state index in [1.165, 1.54) is 12.1 Å². The zero-order chi connectivity index (χ0) is 11.1. The Morgan fingerprint density at radius 3 is 2.67 bits per heavy atom. The predicted molar refractivity (Wildman–Crippen MR) is 49.7 cm³/mol. The van der Waals surface area contributed by atoms with Crippen molar-refractivity contribution in [3.8, 4) is 5.75 Å². The van der Waals surface area contributed by atoms with Crippen LogP contribution in [0.25, 0.3) is 0 Å². The van der Waals surface area contributed by atoms with E-state index in [2.05, 4.69) is 4.18 Å². The van der Waals surface area contributed by atoms with Crippen molar-refractivity contribution in [2.45, 2.75) is 12.8 Å². The average Bonchev–Trinajstić information content (AvgIpc) is 2.47. The van der Waals surface area contributed by atoms with Crippen LogP contribution in [0.2, 0.25) is 0 Å². The summed E-state index contributed by atoms with van der Waals surface area (Å²) in [4.78, 5) is 11.3. The third-order valence-electron chi connectivity index (χ3n) is 2.22. The van der Waals surface area contributed by atoms with Gasteiger partial charge in [0, 0.05) is 17.5 Å². The van der Waals surface area contributed by atoms with Gasteiger partial charge in [0.25, 0.3) is 0 Å². The van der Waals surface area contributed by atoms with Gasteiger partial charge in [-0.1, -0.05) is 16.0 Å². The van der Waals surface area contributed by atoms with E-state index in [0.717, 1.165) is 0 Å². The van der Waals surface area contributed by atoms with Crippen molar-refractivity contribution in [1.82, 2.24) is 0 Å². The minimum absolute atomic E-state index is 0.0771. The van der Waals surface area contributed by atoms with Crippen molar-refractivity contribution in [3.05, 3.63) is 29.3 Å². The van der Waals surface area contributed by atoms with E-state index < -0.39 is 10.5 Å². The Labute approximate surface area is 86.1 Å². The maximum Gasteiger partial charge on any atom is 0.488 e. The van der Waals surface area contributed by atoms with Crippen LogP contribution in [0.5, 0.6) is 5.75 Å². The molecule has 0 saturated heterocycles. The Morgan fingerprint density at radius 1 is 1.27 bits per heavy atom. The molecule has 0 heterocycles. The summed E-state index contributed by atoms with van der Waals surface area (Å²) in [6.07, 6.45) is 0.696. The Morgan fingerprint density at radius 2 is 2.00 bits per heavy atom. The second-order valence-corrected chi connectivity index (χ2v) is 4.13. The molecule has 2 rings (SSSR count). The summed E-state index contributed by atoms with van der Waals surface area (Å²) in [6, 6.07) is 4.36. The molecule has 0 saturated carbocycles. The fraction of sp³-hybridized carbons (Fsp3) is 0.222. The van der Waals surface area contributed by atoms with Gasteiger partial charge in [-0.15, -0.1) is 0 Å². The lowest BCUT2D eigenvalue weighted by Gasteiger charge is -2.04. The summed E-state index contributed by atoms with van der Waals surface area (Å²) in [5.74, 6) is -0.174. The topological polar surface area (TPSA) is 60.4 Å². The highest BCUT2D eigenvalue weighted by molar-refractivity contribution is 7.81. The van der Waals surface area contributed by atoms with Crippen LogP contribution >= 0.6 is 0 Å². The lowest BCUT2D eigenvalue weighted by atomic mass is 10.1. The van der Waals surface area contributed by atoms with Gasteiger partial charge in [0.2, 0.25) is 0 Å². The van der Waals surface area contributed by atoms with Gasteiger partial charge in [0.1, 0.15) is 5.75 Å². The van der Waals surface area contributed by atoms with Crippen LogP contribution in [0.1, 0.15) is 22.3 Å². The molecule has 0 bridgehead atoms. The summed E-state index contributed by atoms with van der Waals surface area (Å²) in [5, 5.41) is 0. The molecule has 1 aliphatic rings. The molecular formula is C9H7FO4S. The van der Waals surface area contributed by atoms with E-state index in [4.69, 9.17) is 0 Å². The summed E-state index contributed by atoms with van der Waals surface area (Å²) >= 11 is 0. The van der Waals surface area contributed by atoms with Gasteiger partial charge >= 0.3 is 10.5 Å². The number of fused-ring (bicyclic) bond motifs is 1. The fourth-order valence-corrected chi connectivity index (χ4v) is 2.01. The SMILES string of the molecule is O=C1CCc2c(OS(=O)(=O)F)cccc21. The minimum atomic E-state index is -5.03. The molecule has 0 amide bonds. The first kappa shape index (κ1) is 10.1. The summed E-state index contributed by atoms with van der Waals surface area (Å²) in [7, 11) is -5.03. The normalized spacial score (nSPS) is 15.1. The molecule has 80 valence electrons. The summed E-state index contributed by atoms with van der Waals surface area (Å²) < 4.78 is 37.1. The van der Waals surface area contributed by atoms with Crippen LogP contribution in [0.4, 0.5) is 3.89 Å². The third kappa shape index (κ3) is 1.99. The number of benzene rings is 1. The van der Waals surface area contributed by atoms with Crippen LogP contribution in [-0.2, 0) is 16.9 Å². The number of hydrogen-bond donors (Lipinski definition) is 0. The van der Waals surface area contributed by atoms with E-state index in [9.17, 15) is 17.1 Å². The molecule has 6 heteroatoms.